The second-order valence-corrected chi connectivity index (χ2v) is 5.08. The summed E-state index contributed by atoms with van der Waals surface area (Å²) in [6, 6.07) is 5.57. The van der Waals surface area contributed by atoms with Crippen LogP contribution in [0.3, 0.4) is 0 Å². The molecule has 0 fully saturated rings. The molecular formula is C13H17N3OS. The minimum Gasteiger partial charge on any atom is -0.497 e. The van der Waals surface area contributed by atoms with Gasteiger partial charge in [-0.25, -0.2) is 4.98 Å². The number of hydrogen-bond donors (Lipinski definition) is 2. The van der Waals surface area contributed by atoms with E-state index in [-0.39, 0.29) is 0 Å². The second-order valence-electron chi connectivity index (χ2n) is 3.88. The van der Waals surface area contributed by atoms with Gasteiger partial charge in [-0.2, -0.15) is 0 Å². The van der Waals surface area contributed by atoms with Crippen molar-refractivity contribution in [1.29, 1.82) is 0 Å². The molecular weight excluding hydrogens is 246 g/mol. The van der Waals surface area contributed by atoms with Gasteiger partial charge in [0.15, 0.2) is 0 Å². The molecule has 0 aliphatic carbocycles. The van der Waals surface area contributed by atoms with E-state index in [1.54, 1.807) is 18.4 Å². The Morgan fingerprint density at radius 1 is 1.44 bits per heavy atom. The average Bonchev–Trinajstić information content (AvgIpc) is 2.86. The third kappa shape index (κ3) is 2.92. The van der Waals surface area contributed by atoms with E-state index in [1.807, 2.05) is 24.4 Å². The highest BCUT2D eigenvalue weighted by molar-refractivity contribution is 7.11. The molecule has 0 aliphatic heterocycles. The molecule has 1 heterocycles. The highest BCUT2D eigenvalue weighted by Crippen LogP contribution is 2.25. The van der Waals surface area contributed by atoms with Crippen LogP contribution in [0.15, 0.2) is 24.4 Å². The van der Waals surface area contributed by atoms with Gasteiger partial charge in [0, 0.05) is 17.1 Å². The molecule has 0 atom stereocenters. The van der Waals surface area contributed by atoms with E-state index in [1.165, 1.54) is 4.88 Å². The maximum absolute atomic E-state index is 5.90. The molecule has 96 valence electrons. The zero-order valence-corrected chi connectivity index (χ0v) is 11.4. The summed E-state index contributed by atoms with van der Waals surface area (Å²) in [5.41, 5.74) is 7.49. The molecule has 0 saturated heterocycles. The number of nitrogens with two attached hydrogens (primary N) is 1. The Morgan fingerprint density at radius 3 is 2.94 bits per heavy atom. The van der Waals surface area contributed by atoms with E-state index in [0.29, 0.717) is 12.2 Å². The van der Waals surface area contributed by atoms with Gasteiger partial charge in [-0.05, 0) is 18.6 Å². The number of benzene rings is 1. The van der Waals surface area contributed by atoms with Crippen LogP contribution in [0.2, 0.25) is 0 Å². The first-order valence-electron chi connectivity index (χ1n) is 5.84. The molecule has 1 aromatic carbocycles. The Hall–Kier alpha value is -1.75. The van der Waals surface area contributed by atoms with E-state index < -0.39 is 0 Å². The SMILES string of the molecule is CCc1cnc(CNc2cc(OC)ccc2N)s1. The normalized spacial score (nSPS) is 10.3. The van der Waals surface area contributed by atoms with Crippen LogP contribution in [0.1, 0.15) is 16.8 Å². The van der Waals surface area contributed by atoms with Crippen LogP contribution in [-0.4, -0.2) is 12.1 Å². The highest BCUT2D eigenvalue weighted by Gasteiger charge is 2.04. The summed E-state index contributed by atoms with van der Waals surface area (Å²) in [4.78, 5) is 5.65. The standard InChI is InChI=1S/C13H17N3OS/c1-3-10-7-16-13(18-10)8-15-12-6-9(17-2)4-5-11(12)14/h4-7,15H,3,8,14H2,1-2H3. The molecule has 0 spiro atoms. The van der Waals surface area contributed by atoms with E-state index in [0.717, 1.165) is 22.9 Å². The fraction of sp³-hybridized carbons (Fsp3) is 0.308. The number of hydrogen-bond acceptors (Lipinski definition) is 5. The molecule has 0 radical (unpaired) electrons. The van der Waals surface area contributed by atoms with Gasteiger partial charge in [-0.1, -0.05) is 6.92 Å². The Labute approximate surface area is 111 Å². The minimum absolute atomic E-state index is 0.683. The summed E-state index contributed by atoms with van der Waals surface area (Å²) in [6.07, 6.45) is 2.95. The topological polar surface area (TPSA) is 60.2 Å². The first-order valence-corrected chi connectivity index (χ1v) is 6.65. The Morgan fingerprint density at radius 2 is 2.28 bits per heavy atom. The highest BCUT2D eigenvalue weighted by atomic mass is 32.1. The summed E-state index contributed by atoms with van der Waals surface area (Å²) in [5, 5.41) is 4.35. The fourth-order valence-corrected chi connectivity index (χ4v) is 2.38. The zero-order valence-electron chi connectivity index (χ0n) is 10.6. The smallest absolute Gasteiger partial charge is 0.121 e. The van der Waals surface area contributed by atoms with Gasteiger partial charge in [0.25, 0.3) is 0 Å². The first-order chi connectivity index (χ1) is 8.72. The van der Waals surface area contributed by atoms with E-state index in [2.05, 4.69) is 17.2 Å². The van der Waals surface area contributed by atoms with Crippen molar-refractivity contribution in [3.05, 3.63) is 34.3 Å². The lowest BCUT2D eigenvalue weighted by Crippen LogP contribution is -2.02. The predicted molar refractivity (Wildman–Crippen MR) is 76.2 cm³/mol. The largest absolute Gasteiger partial charge is 0.497 e. The van der Waals surface area contributed by atoms with Crippen LogP contribution >= 0.6 is 11.3 Å². The summed E-state index contributed by atoms with van der Waals surface area (Å²) >= 11 is 1.72. The van der Waals surface area contributed by atoms with E-state index in [9.17, 15) is 0 Å². The number of ether oxygens (including phenoxy) is 1. The number of methoxy groups -OCH3 is 1. The van der Waals surface area contributed by atoms with Crippen molar-refractivity contribution in [2.45, 2.75) is 19.9 Å². The fourth-order valence-electron chi connectivity index (χ4n) is 1.58. The number of thiazole rings is 1. The lowest BCUT2D eigenvalue weighted by atomic mass is 10.2. The van der Waals surface area contributed by atoms with E-state index in [4.69, 9.17) is 10.5 Å². The molecule has 18 heavy (non-hydrogen) atoms. The van der Waals surface area contributed by atoms with Crippen molar-refractivity contribution in [1.82, 2.24) is 4.98 Å². The number of nitrogen functional groups attached to an aromatic ring is 1. The summed E-state index contributed by atoms with van der Waals surface area (Å²) in [7, 11) is 1.64. The molecule has 0 bridgehead atoms. The van der Waals surface area contributed by atoms with E-state index >= 15 is 0 Å². The lowest BCUT2D eigenvalue weighted by molar-refractivity contribution is 0.415. The van der Waals surface area contributed by atoms with Gasteiger partial charge >= 0.3 is 0 Å². The molecule has 2 rings (SSSR count). The molecule has 1 aromatic heterocycles. The Kier molecular flexibility index (Phi) is 4.04. The van der Waals surface area contributed by atoms with Gasteiger partial charge in [0.05, 0.1) is 25.0 Å². The van der Waals surface area contributed by atoms with Gasteiger partial charge in [0.1, 0.15) is 10.8 Å². The third-order valence-corrected chi connectivity index (χ3v) is 3.78. The molecule has 0 aliphatic rings. The Bertz CT molecular complexity index is 525. The Balaban J connectivity index is 2.05. The number of nitrogens with zero attached hydrogens (tertiary/aromatic N) is 1. The molecule has 5 heteroatoms. The van der Waals surface area contributed by atoms with Crippen LogP contribution in [-0.2, 0) is 13.0 Å². The number of nitrogens with one attached hydrogen (secondary N) is 1. The van der Waals surface area contributed by atoms with Crippen molar-refractivity contribution in [3.63, 3.8) is 0 Å². The summed E-state index contributed by atoms with van der Waals surface area (Å²) < 4.78 is 5.17. The summed E-state index contributed by atoms with van der Waals surface area (Å²) in [6.45, 7) is 2.81. The number of aryl methyl sites for hydroxylation is 1. The average molecular weight is 263 g/mol. The van der Waals surface area contributed by atoms with Crippen LogP contribution in [0.4, 0.5) is 11.4 Å². The van der Waals surface area contributed by atoms with Crippen molar-refractivity contribution >= 4 is 22.7 Å². The summed E-state index contributed by atoms with van der Waals surface area (Å²) in [5.74, 6) is 0.792. The van der Waals surface area contributed by atoms with Crippen molar-refractivity contribution in [3.8, 4) is 5.75 Å². The van der Waals surface area contributed by atoms with Crippen molar-refractivity contribution in [2.75, 3.05) is 18.2 Å². The van der Waals surface area contributed by atoms with Crippen molar-refractivity contribution < 1.29 is 4.74 Å². The molecule has 4 nitrogen and oxygen atoms in total. The van der Waals surface area contributed by atoms with Gasteiger partial charge < -0.3 is 15.8 Å². The predicted octanol–water partition coefficient (Wildman–Crippen LogP) is 2.91. The van der Waals surface area contributed by atoms with Crippen LogP contribution in [0.25, 0.3) is 0 Å². The monoisotopic (exact) mass is 263 g/mol. The van der Waals surface area contributed by atoms with Gasteiger partial charge in [0.2, 0.25) is 0 Å². The van der Waals surface area contributed by atoms with Gasteiger partial charge in [-0.3, -0.25) is 0 Å². The zero-order chi connectivity index (χ0) is 13.0. The first kappa shape index (κ1) is 12.7. The molecule has 0 unspecified atom stereocenters. The third-order valence-electron chi connectivity index (χ3n) is 2.64. The number of anilines is 2. The minimum atomic E-state index is 0.683. The molecule has 0 saturated carbocycles. The molecule has 0 amide bonds. The number of rotatable bonds is 5. The van der Waals surface area contributed by atoms with Crippen molar-refractivity contribution in [2.24, 2.45) is 0 Å². The second kappa shape index (κ2) is 5.73. The molecule has 2 aromatic rings. The lowest BCUT2D eigenvalue weighted by Gasteiger charge is -2.09. The van der Waals surface area contributed by atoms with Crippen LogP contribution < -0.4 is 15.8 Å². The number of aromatic nitrogens is 1. The van der Waals surface area contributed by atoms with Crippen LogP contribution in [0, 0.1) is 0 Å². The maximum atomic E-state index is 5.90. The maximum Gasteiger partial charge on any atom is 0.121 e. The quantitative estimate of drug-likeness (QED) is 0.814. The van der Waals surface area contributed by atoms with Gasteiger partial charge in [-0.15, -0.1) is 11.3 Å². The van der Waals surface area contributed by atoms with Crippen LogP contribution in [0.5, 0.6) is 5.75 Å². The molecule has 3 N–H and O–H groups in total.